The second-order valence-electron chi connectivity index (χ2n) is 16.7. The van der Waals surface area contributed by atoms with Gasteiger partial charge in [-0.3, -0.25) is 4.99 Å². The van der Waals surface area contributed by atoms with Gasteiger partial charge in [0.2, 0.25) is 0 Å². The molecule has 4 aromatic rings. The molecule has 0 spiro atoms. The fourth-order valence-corrected chi connectivity index (χ4v) is 8.87. The van der Waals surface area contributed by atoms with E-state index in [1.54, 1.807) is 11.8 Å². The molecule has 0 amide bonds. The number of benzene rings is 4. The van der Waals surface area contributed by atoms with E-state index in [9.17, 15) is 0 Å². The lowest BCUT2D eigenvalue weighted by Gasteiger charge is -2.11. The predicted octanol–water partition coefficient (Wildman–Crippen LogP) is 17.2. The van der Waals surface area contributed by atoms with Gasteiger partial charge in [-0.25, -0.2) is 4.99 Å². The van der Waals surface area contributed by atoms with E-state index < -0.39 is 0 Å². The quantitative estimate of drug-likeness (QED) is 0.0196. The first-order valence-electron chi connectivity index (χ1n) is 22.5. The number of nitrogens with zero attached hydrogens (tertiary/aromatic N) is 2. The van der Waals surface area contributed by atoms with E-state index >= 15 is 0 Å². The van der Waals surface area contributed by atoms with Crippen molar-refractivity contribution in [2.75, 3.05) is 17.7 Å². The number of hydrogen-bond acceptors (Lipinski definition) is 5. The summed E-state index contributed by atoms with van der Waals surface area (Å²) in [4.78, 5) is 14.1. The summed E-state index contributed by atoms with van der Waals surface area (Å²) >= 11 is 15.2. The number of aliphatic imine (C=N–C) groups is 2. The van der Waals surface area contributed by atoms with Crippen LogP contribution in [-0.2, 0) is 19.3 Å². The number of rotatable bonds is 22. The standard InChI is InChI=1S/C27H38N2S.C27H36S2.CH3I/c1-20-13-11-14-21(2)25(20)19-24(5)28-18-10-8-7-9-17-26(30-6)29-27-22(3)15-12-16-23(27)4;1-20-12-10-13-21(2)26(20)18-24(28)16-8-6-5-7-9-17-25(29)19-27-22(3)14-11-15-23(27)4;1-2/h11-16H,7-10,17-19H2,1-6H3;10-15H,5-9,16-19H2,1-4H3;1H3. The number of hydrogen-bond donors (Lipinski definition) is 0. The molecule has 0 aliphatic carbocycles. The highest BCUT2D eigenvalue weighted by Gasteiger charge is 2.09. The van der Waals surface area contributed by atoms with Crippen molar-refractivity contribution in [3.05, 3.63) is 134 Å². The van der Waals surface area contributed by atoms with Crippen LogP contribution in [0.2, 0.25) is 0 Å². The van der Waals surface area contributed by atoms with Crippen molar-refractivity contribution >= 4 is 85.0 Å². The molecule has 0 heterocycles. The summed E-state index contributed by atoms with van der Waals surface area (Å²) < 4.78 is 0. The topological polar surface area (TPSA) is 24.7 Å². The molecule has 0 saturated heterocycles. The minimum Gasteiger partial charge on any atom is -0.294 e. The monoisotopic (exact) mass is 988 g/mol. The van der Waals surface area contributed by atoms with Crippen LogP contribution in [0.1, 0.15) is 145 Å². The van der Waals surface area contributed by atoms with Crippen LogP contribution < -0.4 is 0 Å². The molecular formula is C55H77IN2S3. The minimum absolute atomic E-state index is 0.947. The normalized spacial score (nSPS) is 11.4. The van der Waals surface area contributed by atoms with Gasteiger partial charge in [0.25, 0.3) is 0 Å². The smallest absolute Gasteiger partial charge is 0.0736 e. The molecule has 0 radical (unpaired) electrons. The molecule has 6 heteroatoms. The molecule has 61 heavy (non-hydrogen) atoms. The van der Waals surface area contributed by atoms with Crippen molar-refractivity contribution < 1.29 is 0 Å². The third-order valence-electron chi connectivity index (χ3n) is 11.6. The number of para-hydroxylation sites is 1. The number of alkyl halides is 1. The van der Waals surface area contributed by atoms with Crippen LogP contribution in [0, 0.1) is 55.4 Å². The van der Waals surface area contributed by atoms with Crippen molar-refractivity contribution in [2.45, 2.75) is 159 Å². The van der Waals surface area contributed by atoms with Crippen molar-refractivity contribution in [3.8, 4) is 0 Å². The zero-order valence-electron chi connectivity index (χ0n) is 39.7. The van der Waals surface area contributed by atoms with Gasteiger partial charge >= 0.3 is 0 Å². The Bertz CT molecular complexity index is 1860. The molecule has 4 aromatic carbocycles. The summed E-state index contributed by atoms with van der Waals surface area (Å²) in [5.74, 6) is 0. The molecule has 0 unspecified atom stereocenters. The summed E-state index contributed by atoms with van der Waals surface area (Å²) in [5, 5.41) is 1.25. The molecule has 332 valence electrons. The average molecular weight is 989 g/mol. The maximum atomic E-state index is 5.66. The first kappa shape index (κ1) is 54.6. The van der Waals surface area contributed by atoms with Crippen LogP contribution >= 0.6 is 58.8 Å². The zero-order chi connectivity index (χ0) is 45.2. The molecule has 0 fully saturated rings. The van der Waals surface area contributed by atoms with E-state index in [-0.39, 0.29) is 0 Å². The lowest BCUT2D eigenvalue weighted by Crippen LogP contribution is -2.04. The van der Waals surface area contributed by atoms with E-state index in [0.29, 0.717) is 0 Å². The molecule has 2 nitrogen and oxygen atoms in total. The Kier molecular flexibility index (Phi) is 28.1. The van der Waals surface area contributed by atoms with E-state index in [0.717, 1.165) is 50.8 Å². The van der Waals surface area contributed by atoms with Gasteiger partial charge < -0.3 is 0 Å². The van der Waals surface area contributed by atoms with Gasteiger partial charge in [-0.2, -0.15) is 0 Å². The highest BCUT2D eigenvalue weighted by atomic mass is 127. The van der Waals surface area contributed by atoms with Crippen LogP contribution in [0.15, 0.2) is 82.8 Å². The fraction of sp³-hybridized carbons (Fsp3) is 0.491. The molecule has 0 bridgehead atoms. The van der Waals surface area contributed by atoms with E-state index in [1.165, 1.54) is 139 Å². The summed E-state index contributed by atoms with van der Waals surface area (Å²) in [6.45, 7) is 20.6. The minimum atomic E-state index is 0.947. The molecule has 0 aliphatic heterocycles. The maximum Gasteiger partial charge on any atom is 0.0736 e. The number of thioether (sulfide) groups is 1. The second-order valence-corrected chi connectivity index (χ2v) is 18.8. The van der Waals surface area contributed by atoms with Gasteiger partial charge in [-0.05, 0) is 189 Å². The average Bonchev–Trinajstić information content (AvgIpc) is 3.23. The Morgan fingerprint density at radius 3 is 1.20 bits per heavy atom. The van der Waals surface area contributed by atoms with Crippen molar-refractivity contribution in [1.29, 1.82) is 0 Å². The Labute approximate surface area is 402 Å². The van der Waals surface area contributed by atoms with Crippen LogP contribution in [0.5, 0.6) is 0 Å². The van der Waals surface area contributed by atoms with E-state index in [4.69, 9.17) is 34.4 Å². The largest absolute Gasteiger partial charge is 0.294 e. The molecule has 0 atom stereocenters. The Morgan fingerprint density at radius 2 is 0.803 bits per heavy atom. The second kappa shape index (κ2) is 31.3. The summed E-state index contributed by atoms with van der Waals surface area (Å²) in [7, 11) is 0. The van der Waals surface area contributed by atoms with Crippen LogP contribution in [0.25, 0.3) is 0 Å². The van der Waals surface area contributed by atoms with Gasteiger partial charge in [0.1, 0.15) is 0 Å². The molecule has 0 N–H and O–H groups in total. The van der Waals surface area contributed by atoms with Gasteiger partial charge in [-0.1, -0.05) is 152 Å². The molecule has 0 aliphatic rings. The molecule has 0 aromatic heterocycles. The van der Waals surface area contributed by atoms with E-state index in [2.05, 4.69) is 164 Å². The van der Waals surface area contributed by atoms with Gasteiger partial charge in [0.05, 0.1) is 10.7 Å². The molecule has 0 saturated carbocycles. The van der Waals surface area contributed by atoms with Crippen molar-refractivity contribution in [2.24, 2.45) is 9.98 Å². The SMILES string of the molecule is CI.CSC(CCCCCCN=C(C)Cc1c(C)cccc1C)=Nc1c(C)cccc1C.Cc1cccc(C)c1CC(=S)CCCCCCCC(=S)Cc1c(C)cccc1C. The van der Waals surface area contributed by atoms with Gasteiger partial charge in [0.15, 0.2) is 0 Å². The predicted molar refractivity (Wildman–Crippen MR) is 294 cm³/mol. The molecule has 4 rings (SSSR count). The number of unbranched alkanes of at least 4 members (excludes halogenated alkanes) is 7. The summed E-state index contributed by atoms with van der Waals surface area (Å²) in [6, 6.07) is 25.9. The van der Waals surface area contributed by atoms with Crippen molar-refractivity contribution in [1.82, 2.24) is 0 Å². The highest BCUT2D eigenvalue weighted by Crippen LogP contribution is 2.26. The number of halogens is 1. The number of thiocarbonyl (C=S) groups is 2. The van der Waals surface area contributed by atoms with Crippen molar-refractivity contribution in [3.63, 3.8) is 0 Å². The van der Waals surface area contributed by atoms with Crippen LogP contribution in [0.3, 0.4) is 0 Å². The Balaban J connectivity index is 0.000000404. The maximum absolute atomic E-state index is 5.66. The first-order valence-corrected chi connectivity index (χ1v) is 26.7. The third-order valence-corrected chi connectivity index (χ3v) is 13.1. The third kappa shape index (κ3) is 21.1. The fourth-order valence-electron chi connectivity index (χ4n) is 7.76. The first-order chi connectivity index (χ1) is 29.3. The highest BCUT2D eigenvalue weighted by molar-refractivity contribution is 14.1. The van der Waals surface area contributed by atoms with Crippen LogP contribution in [-0.4, -0.2) is 38.2 Å². The Hall–Kier alpha value is -2.52. The lowest BCUT2D eigenvalue weighted by molar-refractivity contribution is 0.632. The summed E-state index contributed by atoms with van der Waals surface area (Å²) in [5.41, 5.74) is 17.4. The Morgan fingerprint density at radius 1 is 0.475 bits per heavy atom. The van der Waals surface area contributed by atoms with Gasteiger partial charge in [-0.15, -0.1) is 11.8 Å². The van der Waals surface area contributed by atoms with Crippen LogP contribution in [0.4, 0.5) is 5.69 Å². The molecular weight excluding hydrogens is 912 g/mol. The van der Waals surface area contributed by atoms with E-state index in [1.807, 2.05) is 4.93 Å². The lowest BCUT2D eigenvalue weighted by atomic mass is 9.96. The summed E-state index contributed by atoms with van der Waals surface area (Å²) in [6.07, 6.45) is 19.4. The van der Waals surface area contributed by atoms with Gasteiger partial charge in [0, 0.05) is 31.5 Å². The zero-order valence-corrected chi connectivity index (χ0v) is 44.3. The number of aryl methyl sites for hydroxylation is 8.